The lowest BCUT2D eigenvalue weighted by Crippen LogP contribution is -2.12. The van der Waals surface area contributed by atoms with E-state index in [1.807, 2.05) is 43.4 Å². The minimum atomic E-state index is 0.693. The van der Waals surface area contributed by atoms with Gasteiger partial charge in [-0.1, -0.05) is 0 Å². The molecular formula is C11H14N4. The number of rotatable bonds is 2. The largest absolute Gasteiger partial charge is 0.397 e. The molecule has 15 heavy (non-hydrogen) atoms. The van der Waals surface area contributed by atoms with Gasteiger partial charge in [-0.25, -0.2) is 4.98 Å². The Labute approximate surface area is 88.7 Å². The van der Waals surface area contributed by atoms with Crippen molar-refractivity contribution >= 4 is 17.2 Å². The zero-order valence-electron chi connectivity index (χ0n) is 8.86. The maximum atomic E-state index is 5.66. The number of aryl methyl sites for hydroxylation is 1. The fourth-order valence-corrected chi connectivity index (χ4v) is 1.59. The SMILES string of the molecule is Cc1cc(N)cnc1N(C)c1cc[nH]c1. The first-order valence-corrected chi connectivity index (χ1v) is 4.77. The van der Waals surface area contributed by atoms with Gasteiger partial charge in [0, 0.05) is 19.4 Å². The first kappa shape index (κ1) is 9.58. The summed E-state index contributed by atoms with van der Waals surface area (Å²) in [6, 6.07) is 3.92. The van der Waals surface area contributed by atoms with Gasteiger partial charge in [-0.2, -0.15) is 0 Å². The van der Waals surface area contributed by atoms with Crippen molar-refractivity contribution in [3.8, 4) is 0 Å². The van der Waals surface area contributed by atoms with E-state index in [4.69, 9.17) is 5.73 Å². The molecule has 78 valence electrons. The zero-order valence-corrected chi connectivity index (χ0v) is 8.86. The van der Waals surface area contributed by atoms with Gasteiger partial charge in [-0.3, -0.25) is 0 Å². The molecule has 3 N–H and O–H groups in total. The van der Waals surface area contributed by atoms with Crippen LogP contribution in [0.5, 0.6) is 0 Å². The van der Waals surface area contributed by atoms with Crippen molar-refractivity contribution in [1.29, 1.82) is 0 Å². The van der Waals surface area contributed by atoms with Gasteiger partial charge in [0.05, 0.1) is 17.6 Å². The Morgan fingerprint density at radius 3 is 2.87 bits per heavy atom. The minimum Gasteiger partial charge on any atom is -0.397 e. The van der Waals surface area contributed by atoms with E-state index in [9.17, 15) is 0 Å². The van der Waals surface area contributed by atoms with Crippen LogP contribution in [0.15, 0.2) is 30.7 Å². The van der Waals surface area contributed by atoms with Crippen LogP contribution in [0.1, 0.15) is 5.56 Å². The standard InChI is InChI=1S/C11H14N4/c1-8-5-9(12)6-14-11(8)15(2)10-3-4-13-7-10/h3-7,13H,12H2,1-2H3. The lowest BCUT2D eigenvalue weighted by atomic mass is 10.2. The Morgan fingerprint density at radius 1 is 1.47 bits per heavy atom. The fourth-order valence-electron chi connectivity index (χ4n) is 1.59. The smallest absolute Gasteiger partial charge is 0.135 e. The summed E-state index contributed by atoms with van der Waals surface area (Å²) in [5.41, 5.74) is 8.50. The molecule has 0 unspecified atom stereocenters. The molecule has 0 aromatic carbocycles. The van der Waals surface area contributed by atoms with Crippen molar-refractivity contribution < 1.29 is 0 Å². The van der Waals surface area contributed by atoms with Gasteiger partial charge in [0.2, 0.25) is 0 Å². The summed E-state index contributed by atoms with van der Waals surface area (Å²) < 4.78 is 0. The molecule has 2 rings (SSSR count). The van der Waals surface area contributed by atoms with Crippen LogP contribution in [-0.2, 0) is 0 Å². The summed E-state index contributed by atoms with van der Waals surface area (Å²) in [6.07, 6.45) is 5.49. The molecule has 4 nitrogen and oxygen atoms in total. The number of nitrogen functional groups attached to an aromatic ring is 1. The Bertz CT molecular complexity index is 448. The van der Waals surface area contributed by atoms with E-state index in [1.54, 1.807) is 6.20 Å². The number of aromatic amines is 1. The molecule has 4 heteroatoms. The van der Waals surface area contributed by atoms with Crippen LogP contribution in [0.3, 0.4) is 0 Å². The average Bonchev–Trinajstić information content (AvgIpc) is 2.69. The van der Waals surface area contributed by atoms with E-state index in [0.717, 1.165) is 17.1 Å². The molecule has 0 radical (unpaired) electrons. The molecule has 0 aliphatic rings. The van der Waals surface area contributed by atoms with Crippen LogP contribution in [0.4, 0.5) is 17.2 Å². The quantitative estimate of drug-likeness (QED) is 0.783. The first-order chi connectivity index (χ1) is 7.18. The van der Waals surface area contributed by atoms with E-state index in [0.29, 0.717) is 5.69 Å². The topological polar surface area (TPSA) is 57.9 Å². The molecule has 0 bridgehead atoms. The third-order valence-corrected chi connectivity index (χ3v) is 2.36. The van der Waals surface area contributed by atoms with Gasteiger partial charge in [-0.15, -0.1) is 0 Å². The van der Waals surface area contributed by atoms with Crippen LogP contribution >= 0.6 is 0 Å². The number of nitrogens with zero attached hydrogens (tertiary/aromatic N) is 2. The number of aromatic nitrogens is 2. The van der Waals surface area contributed by atoms with Crippen molar-refractivity contribution in [3.05, 3.63) is 36.3 Å². The maximum Gasteiger partial charge on any atom is 0.135 e. The summed E-state index contributed by atoms with van der Waals surface area (Å²) in [5, 5.41) is 0. The Morgan fingerprint density at radius 2 is 2.27 bits per heavy atom. The van der Waals surface area contributed by atoms with E-state index in [1.165, 1.54) is 0 Å². The number of nitrogens with two attached hydrogens (primary N) is 1. The molecular weight excluding hydrogens is 188 g/mol. The lowest BCUT2D eigenvalue weighted by Gasteiger charge is -2.18. The second-order valence-corrected chi connectivity index (χ2v) is 3.54. The Kier molecular flexibility index (Phi) is 2.33. The summed E-state index contributed by atoms with van der Waals surface area (Å²) >= 11 is 0. The number of hydrogen-bond donors (Lipinski definition) is 2. The summed E-state index contributed by atoms with van der Waals surface area (Å²) in [4.78, 5) is 9.36. The zero-order chi connectivity index (χ0) is 10.8. The number of pyridine rings is 1. The van der Waals surface area contributed by atoms with Gasteiger partial charge < -0.3 is 15.6 Å². The Hall–Kier alpha value is -1.97. The third kappa shape index (κ3) is 1.79. The van der Waals surface area contributed by atoms with Crippen LogP contribution < -0.4 is 10.6 Å². The highest BCUT2D eigenvalue weighted by Gasteiger charge is 2.08. The maximum absolute atomic E-state index is 5.66. The highest BCUT2D eigenvalue weighted by Crippen LogP contribution is 2.24. The molecule has 0 aliphatic heterocycles. The van der Waals surface area contributed by atoms with Crippen molar-refractivity contribution in [2.24, 2.45) is 0 Å². The minimum absolute atomic E-state index is 0.693. The summed E-state index contributed by atoms with van der Waals surface area (Å²) in [7, 11) is 1.98. The van der Waals surface area contributed by atoms with E-state index in [-0.39, 0.29) is 0 Å². The molecule has 0 spiro atoms. The van der Waals surface area contributed by atoms with Crippen molar-refractivity contribution in [3.63, 3.8) is 0 Å². The van der Waals surface area contributed by atoms with Gasteiger partial charge in [0.1, 0.15) is 5.82 Å². The van der Waals surface area contributed by atoms with Gasteiger partial charge in [0.15, 0.2) is 0 Å². The average molecular weight is 202 g/mol. The van der Waals surface area contributed by atoms with E-state index in [2.05, 4.69) is 9.97 Å². The van der Waals surface area contributed by atoms with Crippen LogP contribution in [0, 0.1) is 6.92 Å². The second-order valence-electron chi connectivity index (χ2n) is 3.54. The predicted octanol–water partition coefficient (Wildman–Crippen LogP) is 2.07. The Balaban J connectivity index is 2.38. The number of nitrogens with one attached hydrogen (secondary N) is 1. The lowest BCUT2D eigenvalue weighted by molar-refractivity contribution is 1.11. The molecule has 2 aromatic rings. The van der Waals surface area contributed by atoms with Crippen LogP contribution in [0.25, 0.3) is 0 Å². The molecule has 2 aromatic heterocycles. The number of H-pyrrole nitrogens is 1. The second kappa shape index (κ2) is 3.65. The monoisotopic (exact) mass is 202 g/mol. The molecule has 0 amide bonds. The van der Waals surface area contributed by atoms with Crippen molar-refractivity contribution in [1.82, 2.24) is 9.97 Å². The molecule has 0 fully saturated rings. The van der Waals surface area contributed by atoms with Crippen LogP contribution in [0.2, 0.25) is 0 Å². The molecule has 2 heterocycles. The van der Waals surface area contributed by atoms with E-state index < -0.39 is 0 Å². The highest BCUT2D eigenvalue weighted by atomic mass is 15.2. The predicted molar refractivity (Wildman–Crippen MR) is 62.2 cm³/mol. The van der Waals surface area contributed by atoms with Gasteiger partial charge in [-0.05, 0) is 24.6 Å². The number of anilines is 3. The normalized spacial score (nSPS) is 10.3. The van der Waals surface area contributed by atoms with Crippen molar-refractivity contribution in [2.45, 2.75) is 6.92 Å². The first-order valence-electron chi connectivity index (χ1n) is 4.77. The summed E-state index contributed by atoms with van der Waals surface area (Å²) in [5.74, 6) is 0.920. The van der Waals surface area contributed by atoms with Crippen LogP contribution in [-0.4, -0.2) is 17.0 Å². The van der Waals surface area contributed by atoms with E-state index >= 15 is 0 Å². The highest BCUT2D eigenvalue weighted by molar-refractivity contribution is 5.62. The third-order valence-electron chi connectivity index (χ3n) is 2.36. The van der Waals surface area contributed by atoms with Gasteiger partial charge >= 0.3 is 0 Å². The molecule has 0 saturated heterocycles. The van der Waals surface area contributed by atoms with Crippen molar-refractivity contribution in [2.75, 3.05) is 17.7 Å². The number of hydrogen-bond acceptors (Lipinski definition) is 3. The fraction of sp³-hybridized carbons (Fsp3) is 0.182. The molecule has 0 saturated carbocycles. The summed E-state index contributed by atoms with van der Waals surface area (Å²) in [6.45, 7) is 2.00. The molecule has 0 aliphatic carbocycles. The van der Waals surface area contributed by atoms with Gasteiger partial charge in [0.25, 0.3) is 0 Å². The molecule has 0 atom stereocenters.